The molecule has 0 saturated heterocycles. The van der Waals surface area contributed by atoms with Gasteiger partial charge >= 0.3 is 5.97 Å². The number of amides is 1. The average Bonchev–Trinajstić information content (AvgIpc) is 2.40. The molecule has 1 rings (SSSR count). The van der Waals surface area contributed by atoms with Crippen LogP contribution in [0, 0.1) is 0 Å². The molecule has 5 heteroatoms. The first-order valence-corrected chi connectivity index (χ1v) is 7.27. The van der Waals surface area contributed by atoms with Crippen LogP contribution in [0.25, 0.3) is 0 Å². The van der Waals surface area contributed by atoms with E-state index in [-0.39, 0.29) is 17.9 Å². The molecule has 1 saturated carbocycles. The second-order valence-corrected chi connectivity index (χ2v) is 5.21. The quantitative estimate of drug-likeness (QED) is 0.715. The molecule has 0 aromatic carbocycles. The Bertz CT molecular complexity index is 301. The van der Waals surface area contributed by atoms with Crippen molar-refractivity contribution in [3.05, 3.63) is 0 Å². The molecule has 0 aromatic heterocycles. The average molecular weight is 270 g/mol. The number of rotatable bonds is 6. The predicted octanol–water partition coefficient (Wildman–Crippen LogP) is 1.36. The van der Waals surface area contributed by atoms with E-state index in [2.05, 4.69) is 10.6 Å². The van der Waals surface area contributed by atoms with Crippen molar-refractivity contribution in [1.82, 2.24) is 10.6 Å². The fourth-order valence-corrected chi connectivity index (χ4v) is 2.36. The molecule has 0 radical (unpaired) electrons. The summed E-state index contributed by atoms with van der Waals surface area (Å²) in [5.41, 5.74) is 0. The minimum Gasteiger partial charge on any atom is -0.465 e. The van der Waals surface area contributed by atoms with Crippen molar-refractivity contribution in [1.29, 1.82) is 0 Å². The molecule has 0 aliphatic heterocycles. The fraction of sp³-hybridized carbons (Fsp3) is 0.857. The molecule has 0 aromatic rings. The highest BCUT2D eigenvalue weighted by Crippen LogP contribution is 2.17. The lowest BCUT2D eigenvalue weighted by atomic mass is 9.95. The summed E-state index contributed by atoms with van der Waals surface area (Å²) in [6.45, 7) is 5.60. The van der Waals surface area contributed by atoms with Gasteiger partial charge < -0.3 is 10.1 Å². The first kappa shape index (κ1) is 16.0. The number of esters is 1. The van der Waals surface area contributed by atoms with Crippen LogP contribution in [-0.4, -0.2) is 36.6 Å². The van der Waals surface area contributed by atoms with E-state index in [0.717, 1.165) is 12.8 Å². The minimum absolute atomic E-state index is 0.0388. The smallest absolute Gasteiger partial charge is 0.322 e. The van der Waals surface area contributed by atoms with Gasteiger partial charge in [-0.25, -0.2) is 0 Å². The third-order valence-corrected chi connectivity index (χ3v) is 3.48. The summed E-state index contributed by atoms with van der Waals surface area (Å²) in [6, 6.07) is -0.559. The van der Waals surface area contributed by atoms with Crippen molar-refractivity contribution >= 4 is 11.9 Å². The molecule has 1 aliphatic carbocycles. The van der Waals surface area contributed by atoms with Gasteiger partial charge in [0, 0.05) is 6.04 Å². The van der Waals surface area contributed by atoms with E-state index in [1.54, 1.807) is 20.8 Å². The third-order valence-electron chi connectivity index (χ3n) is 3.48. The third kappa shape index (κ3) is 5.59. The van der Waals surface area contributed by atoms with Gasteiger partial charge in [0.1, 0.15) is 6.04 Å². The Morgan fingerprint density at radius 2 is 1.79 bits per heavy atom. The van der Waals surface area contributed by atoms with Gasteiger partial charge in [-0.15, -0.1) is 0 Å². The second kappa shape index (κ2) is 8.15. The van der Waals surface area contributed by atoms with Crippen molar-refractivity contribution in [2.24, 2.45) is 0 Å². The number of ether oxygens (including phenoxy) is 1. The molecule has 2 N–H and O–H groups in total. The normalized spacial score (nSPS) is 19.5. The Kier molecular flexibility index (Phi) is 6.84. The van der Waals surface area contributed by atoms with Gasteiger partial charge in [0.15, 0.2) is 0 Å². The molecule has 1 aliphatic rings. The highest BCUT2D eigenvalue weighted by molar-refractivity contribution is 5.83. The van der Waals surface area contributed by atoms with E-state index in [0.29, 0.717) is 12.6 Å². The predicted molar refractivity (Wildman–Crippen MR) is 73.7 cm³/mol. The lowest BCUT2D eigenvalue weighted by molar-refractivity contribution is -0.145. The van der Waals surface area contributed by atoms with Crippen LogP contribution in [0.5, 0.6) is 0 Å². The van der Waals surface area contributed by atoms with E-state index >= 15 is 0 Å². The van der Waals surface area contributed by atoms with Gasteiger partial charge in [-0.1, -0.05) is 19.3 Å². The topological polar surface area (TPSA) is 67.4 Å². The Hall–Kier alpha value is -1.10. The standard InChI is InChI=1S/C14H26N2O3/c1-4-19-14(18)11(3)15-10(2)13(17)16-12-8-6-5-7-9-12/h10-12,15H,4-9H2,1-3H3,(H,16,17). The van der Waals surface area contributed by atoms with E-state index in [1.165, 1.54) is 19.3 Å². The summed E-state index contributed by atoms with van der Waals surface area (Å²) in [7, 11) is 0. The van der Waals surface area contributed by atoms with Crippen LogP contribution in [0.4, 0.5) is 0 Å². The Balaban J connectivity index is 2.32. The molecule has 0 spiro atoms. The first-order chi connectivity index (χ1) is 9.04. The van der Waals surface area contributed by atoms with Gasteiger partial charge in [0.25, 0.3) is 0 Å². The van der Waals surface area contributed by atoms with E-state index in [9.17, 15) is 9.59 Å². The molecule has 2 unspecified atom stereocenters. The first-order valence-electron chi connectivity index (χ1n) is 7.27. The van der Waals surface area contributed by atoms with Gasteiger partial charge in [-0.3, -0.25) is 14.9 Å². The Morgan fingerprint density at radius 3 is 2.37 bits per heavy atom. The van der Waals surface area contributed by atoms with Crippen LogP contribution < -0.4 is 10.6 Å². The van der Waals surface area contributed by atoms with Gasteiger partial charge in [0.05, 0.1) is 12.6 Å². The van der Waals surface area contributed by atoms with Crippen LogP contribution in [-0.2, 0) is 14.3 Å². The molecule has 110 valence electrons. The van der Waals surface area contributed by atoms with Crippen molar-refractivity contribution in [3.63, 3.8) is 0 Å². The zero-order valence-corrected chi connectivity index (χ0v) is 12.2. The van der Waals surface area contributed by atoms with Crippen LogP contribution in [0.1, 0.15) is 52.9 Å². The number of carbonyl (C=O) groups excluding carboxylic acids is 2. The maximum absolute atomic E-state index is 12.0. The minimum atomic E-state index is -0.466. The van der Waals surface area contributed by atoms with Crippen molar-refractivity contribution in [2.75, 3.05) is 6.61 Å². The number of hydrogen-bond acceptors (Lipinski definition) is 4. The maximum Gasteiger partial charge on any atom is 0.322 e. The van der Waals surface area contributed by atoms with Gasteiger partial charge in [-0.2, -0.15) is 0 Å². The second-order valence-electron chi connectivity index (χ2n) is 5.21. The van der Waals surface area contributed by atoms with E-state index in [4.69, 9.17) is 4.74 Å². The molecular weight excluding hydrogens is 244 g/mol. The SMILES string of the molecule is CCOC(=O)C(C)NC(C)C(=O)NC1CCCCC1. The largest absolute Gasteiger partial charge is 0.465 e. The monoisotopic (exact) mass is 270 g/mol. The van der Waals surface area contributed by atoms with Crippen LogP contribution in [0.2, 0.25) is 0 Å². The summed E-state index contributed by atoms with van der Waals surface area (Å²) < 4.78 is 4.90. The zero-order valence-electron chi connectivity index (χ0n) is 12.2. The molecule has 19 heavy (non-hydrogen) atoms. The molecular formula is C14H26N2O3. The van der Waals surface area contributed by atoms with Crippen molar-refractivity contribution in [3.8, 4) is 0 Å². The number of hydrogen-bond donors (Lipinski definition) is 2. The molecule has 0 heterocycles. The highest BCUT2D eigenvalue weighted by atomic mass is 16.5. The van der Waals surface area contributed by atoms with Gasteiger partial charge in [-0.05, 0) is 33.6 Å². The molecule has 2 atom stereocenters. The zero-order chi connectivity index (χ0) is 14.3. The lowest BCUT2D eigenvalue weighted by Gasteiger charge is -2.25. The fourth-order valence-electron chi connectivity index (χ4n) is 2.36. The van der Waals surface area contributed by atoms with Crippen molar-refractivity contribution in [2.45, 2.75) is 71.0 Å². The molecule has 0 bridgehead atoms. The summed E-state index contributed by atoms with van der Waals surface area (Å²) in [5.74, 6) is -0.358. The van der Waals surface area contributed by atoms with E-state index < -0.39 is 6.04 Å². The van der Waals surface area contributed by atoms with E-state index in [1.807, 2.05) is 0 Å². The maximum atomic E-state index is 12.0. The number of carbonyl (C=O) groups is 2. The Morgan fingerprint density at radius 1 is 1.16 bits per heavy atom. The summed E-state index contributed by atoms with van der Waals surface area (Å²) in [6.07, 6.45) is 5.76. The summed E-state index contributed by atoms with van der Waals surface area (Å²) in [5, 5.41) is 6.01. The summed E-state index contributed by atoms with van der Waals surface area (Å²) >= 11 is 0. The number of nitrogens with one attached hydrogen (secondary N) is 2. The molecule has 1 fully saturated rings. The Labute approximate surface area is 115 Å². The molecule has 1 amide bonds. The van der Waals surface area contributed by atoms with Crippen LogP contribution >= 0.6 is 0 Å². The van der Waals surface area contributed by atoms with Crippen molar-refractivity contribution < 1.29 is 14.3 Å². The van der Waals surface area contributed by atoms with Crippen LogP contribution in [0.15, 0.2) is 0 Å². The highest BCUT2D eigenvalue weighted by Gasteiger charge is 2.23. The summed E-state index contributed by atoms with van der Waals surface area (Å²) in [4.78, 5) is 23.5. The molecule has 5 nitrogen and oxygen atoms in total. The van der Waals surface area contributed by atoms with Gasteiger partial charge in [0.2, 0.25) is 5.91 Å². The van der Waals surface area contributed by atoms with Crippen LogP contribution in [0.3, 0.4) is 0 Å². The lowest BCUT2D eigenvalue weighted by Crippen LogP contribution is -2.51.